The van der Waals surface area contributed by atoms with Crippen molar-refractivity contribution in [3.05, 3.63) is 0 Å². The second kappa shape index (κ2) is 14.4. The molecule has 0 saturated carbocycles. The van der Waals surface area contributed by atoms with Crippen LogP contribution in [0.3, 0.4) is 0 Å². The van der Waals surface area contributed by atoms with E-state index in [4.69, 9.17) is 0 Å². The lowest BCUT2D eigenvalue weighted by atomic mass is 10.0. The van der Waals surface area contributed by atoms with Crippen molar-refractivity contribution >= 4 is 35.8 Å². The van der Waals surface area contributed by atoms with Crippen molar-refractivity contribution in [1.29, 1.82) is 0 Å². The third kappa shape index (κ3) is 14.2. The summed E-state index contributed by atoms with van der Waals surface area (Å²) in [4.78, 5) is 15.7. The molecule has 0 aliphatic rings. The van der Waals surface area contributed by atoms with Gasteiger partial charge in [0.1, 0.15) is 6.54 Å². The molecule has 0 aliphatic heterocycles. The number of nitrogens with zero attached hydrogens (tertiary/aromatic N) is 1. The zero-order valence-corrected chi connectivity index (χ0v) is 16.5. The monoisotopic (exact) mass is 412 g/mol. The number of guanidine groups is 1. The van der Waals surface area contributed by atoms with Crippen molar-refractivity contribution in [2.75, 3.05) is 19.6 Å². The molecule has 0 saturated heterocycles. The number of amides is 1. The SMILES string of the molecule is CCNC(=O)CN=C(NCC)NC(C)CCCC(C)C.I. The van der Waals surface area contributed by atoms with E-state index in [1.54, 1.807) is 0 Å². The Hall–Kier alpha value is -0.530. The van der Waals surface area contributed by atoms with Gasteiger partial charge in [-0.3, -0.25) is 4.79 Å². The Morgan fingerprint density at radius 1 is 1.05 bits per heavy atom. The molecule has 0 aromatic rings. The third-order valence-electron chi connectivity index (χ3n) is 2.90. The van der Waals surface area contributed by atoms with Crippen LogP contribution in [0, 0.1) is 5.92 Å². The second-order valence-corrected chi connectivity index (χ2v) is 5.52. The van der Waals surface area contributed by atoms with Crippen LogP contribution in [0.25, 0.3) is 0 Å². The summed E-state index contributed by atoms with van der Waals surface area (Å²) < 4.78 is 0. The molecule has 21 heavy (non-hydrogen) atoms. The minimum absolute atomic E-state index is 0. The van der Waals surface area contributed by atoms with Gasteiger partial charge in [0.25, 0.3) is 0 Å². The summed E-state index contributed by atoms with van der Waals surface area (Å²) in [7, 11) is 0. The van der Waals surface area contributed by atoms with Gasteiger partial charge in [0.05, 0.1) is 0 Å². The molecule has 5 nitrogen and oxygen atoms in total. The van der Waals surface area contributed by atoms with Crippen molar-refractivity contribution in [2.45, 2.75) is 59.9 Å². The number of carbonyl (C=O) groups excluding carboxylic acids is 1. The van der Waals surface area contributed by atoms with E-state index in [-0.39, 0.29) is 36.4 Å². The first-order chi connectivity index (χ1) is 9.49. The van der Waals surface area contributed by atoms with Crippen LogP contribution < -0.4 is 16.0 Å². The van der Waals surface area contributed by atoms with E-state index in [1.807, 2.05) is 13.8 Å². The topological polar surface area (TPSA) is 65.5 Å². The average molecular weight is 412 g/mol. The van der Waals surface area contributed by atoms with Crippen LogP contribution in [0.5, 0.6) is 0 Å². The number of hydrogen-bond acceptors (Lipinski definition) is 2. The zero-order chi connectivity index (χ0) is 15.4. The van der Waals surface area contributed by atoms with Gasteiger partial charge in [0.2, 0.25) is 5.91 Å². The predicted octanol–water partition coefficient (Wildman–Crippen LogP) is 2.51. The summed E-state index contributed by atoms with van der Waals surface area (Å²) >= 11 is 0. The molecule has 6 heteroatoms. The van der Waals surface area contributed by atoms with Crippen LogP contribution in [0.15, 0.2) is 4.99 Å². The number of carbonyl (C=O) groups is 1. The molecule has 126 valence electrons. The Labute approximate surface area is 147 Å². The van der Waals surface area contributed by atoms with Crippen molar-refractivity contribution in [3.8, 4) is 0 Å². The Morgan fingerprint density at radius 2 is 1.67 bits per heavy atom. The van der Waals surface area contributed by atoms with Crippen LogP contribution in [-0.2, 0) is 4.79 Å². The van der Waals surface area contributed by atoms with Gasteiger partial charge in [-0.25, -0.2) is 4.99 Å². The number of likely N-dealkylation sites (N-methyl/N-ethyl adjacent to an activating group) is 1. The van der Waals surface area contributed by atoms with Crippen LogP contribution in [-0.4, -0.2) is 37.5 Å². The molecule has 3 N–H and O–H groups in total. The molecule has 0 bridgehead atoms. The van der Waals surface area contributed by atoms with Gasteiger partial charge in [-0.1, -0.05) is 26.7 Å². The van der Waals surface area contributed by atoms with Gasteiger partial charge in [0, 0.05) is 19.1 Å². The smallest absolute Gasteiger partial charge is 0.241 e. The molecule has 0 aliphatic carbocycles. The van der Waals surface area contributed by atoms with Crippen molar-refractivity contribution in [3.63, 3.8) is 0 Å². The molecule has 0 rings (SSSR count). The van der Waals surface area contributed by atoms with Gasteiger partial charge < -0.3 is 16.0 Å². The fourth-order valence-corrected chi connectivity index (χ4v) is 1.86. The summed E-state index contributed by atoms with van der Waals surface area (Å²) in [5, 5.41) is 9.26. The molecule has 0 aromatic heterocycles. The van der Waals surface area contributed by atoms with E-state index in [0.717, 1.165) is 24.8 Å². The van der Waals surface area contributed by atoms with E-state index in [1.165, 1.54) is 12.8 Å². The molecule has 1 unspecified atom stereocenters. The number of rotatable bonds is 9. The molecule has 1 amide bonds. The van der Waals surface area contributed by atoms with Crippen molar-refractivity contribution in [2.24, 2.45) is 10.9 Å². The first kappa shape index (κ1) is 22.7. The maximum absolute atomic E-state index is 11.4. The van der Waals surface area contributed by atoms with E-state index < -0.39 is 0 Å². The van der Waals surface area contributed by atoms with Crippen LogP contribution in [0.2, 0.25) is 0 Å². The minimum atomic E-state index is -0.0443. The molecule has 0 fully saturated rings. The molecule has 0 radical (unpaired) electrons. The fraction of sp³-hybridized carbons (Fsp3) is 0.867. The molecular formula is C15H33IN4O. The standard InChI is InChI=1S/C15H32N4O.HI/c1-6-16-14(20)11-18-15(17-7-2)19-13(5)10-8-9-12(3)4;/h12-13H,6-11H2,1-5H3,(H,16,20)(H2,17,18,19);1H. The lowest BCUT2D eigenvalue weighted by Gasteiger charge is -2.18. The van der Waals surface area contributed by atoms with Crippen LogP contribution in [0.1, 0.15) is 53.9 Å². The Balaban J connectivity index is 0. The first-order valence-electron chi connectivity index (χ1n) is 7.81. The van der Waals surface area contributed by atoms with Gasteiger partial charge in [-0.05, 0) is 33.1 Å². The highest BCUT2D eigenvalue weighted by molar-refractivity contribution is 14.0. The van der Waals surface area contributed by atoms with E-state index >= 15 is 0 Å². The quantitative estimate of drug-likeness (QED) is 0.310. The predicted molar refractivity (Wildman–Crippen MR) is 101 cm³/mol. The second-order valence-electron chi connectivity index (χ2n) is 5.52. The largest absolute Gasteiger partial charge is 0.357 e. The normalized spacial score (nSPS) is 12.6. The highest BCUT2D eigenvalue weighted by Gasteiger charge is 2.06. The Morgan fingerprint density at radius 3 is 2.19 bits per heavy atom. The molecule has 1 atom stereocenters. The zero-order valence-electron chi connectivity index (χ0n) is 14.2. The van der Waals surface area contributed by atoms with E-state index in [9.17, 15) is 4.79 Å². The van der Waals surface area contributed by atoms with E-state index in [0.29, 0.717) is 12.6 Å². The van der Waals surface area contributed by atoms with Crippen LogP contribution in [0.4, 0.5) is 0 Å². The molecular weight excluding hydrogens is 379 g/mol. The summed E-state index contributed by atoms with van der Waals surface area (Å²) in [6, 6.07) is 0.362. The van der Waals surface area contributed by atoms with Gasteiger partial charge in [-0.15, -0.1) is 24.0 Å². The van der Waals surface area contributed by atoms with Gasteiger partial charge in [-0.2, -0.15) is 0 Å². The highest BCUT2D eigenvalue weighted by atomic mass is 127. The molecule has 0 aromatic carbocycles. The maximum Gasteiger partial charge on any atom is 0.241 e. The lowest BCUT2D eigenvalue weighted by Crippen LogP contribution is -2.43. The van der Waals surface area contributed by atoms with Crippen molar-refractivity contribution in [1.82, 2.24) is 16.0 Å². The molecule has 0 spiro atoms. The summed E-state index contributed by atoms with van der Waals surface area (Å²) in [6.07, 6.45) is 3.57. The molecule has 0 heterocycles. The highest BCUT2D eigenvalue weighted by Crippen LogP contribution is 2.08. The minimum Gasteiger partial charge on any atom is -0.357 e. The number of aliphatic imine (C=N–C) groups is 1. The van der Waals surface area contributed by atoms with Gasteiger partial charge in [0.15, 0.2) is 5.96 Å². The number of nitrogens with one attached hydrogen (secondary N) is 3. The maximum atomic E-state index is 11.4. The van der Waals surface area contributed by atoms with Gasteiger partial charge >= 0.3 is 0 Å². The van der Waals surface area contributed by atoms with E-state index in [2.05, 4.69) is 41.7 Å². The van der Waals surface area contributed by atoms with Crippen LogP contribution >= 0.6 is 24.0 Å². The first-order valence-corrected chi connectivity index (χ1v) is 7.81. The summed E-state index contributed by atoms with van der Waals surface area (Å²) in [5.74, 6) is 1.43. The summed E-state index contributed by atoms with van der Waals surface area (Å²) in [6.45, 7) is 12.2. The Kier molecular flexibility index (Phi) is 15.6. The Bertz CT molecular complexity index is 295. The summed E-state index contributed by atoms with van der Waals surface area (Å²) in [5.41, 5.74) is 0. The lowest BCUT2D eigenvalue weighted by molar-refractivity contribution is -0.119. The third-order valence-corrected chi connectivity index (χ3v) is 2.90. The fourth-order valence-electron chi connectivity index (χ4n) is 1.86. The number of hydrogen-bond donors (Lipinski definition) is 3. The van der Waals surface area contributed by atoms with Crippen molar-refractivity contribution < 1.29 is 4.79 Å². The average Bonchev–Trinajstić information content (AvgIpc) is 2.36. The number of halogens is 1.